The van der Waals surface area contributed by atoms with Gasteiger partial charge in [0, 0.05) is 30.6 Å². The number of nitrogens with one attached hydrogen (secondary N) is 3. The van der Waals surface area contributed by atoms with Crippen LogP contribution in [-0.2, 0) is 4.79 Å². The predicted octanol–water partition coefficient (Wildman–Crippen LogP) is 6.33. The third-order valence-electron chi connectivity index (χ3n) is 5.30. The number of rotatable bonds is 10. The highest BCUT2D eigenvalue weighted by Crippen LogP contribution is 2.31. The average molecular weight is 561 g/mol. The van der Waals surface area contributed by atoms with Crippen molar-refractivity contribution in [3.05, 3.63) is 83.5 Å². The fourth-order valence-corrected chi connectivity index (χ4v) is 3.87. The first-order valence-electron chi connectivity index (χ1n) is 11.9. The minimum absolute atomic E-state index is 0.232. The maximum absolute atomic E-state index is 12.5. The highest BCUT2D eigenvalue weighted by molar-refractivity contribution is 9.10. The van der Waals surface area contributed by atoms with Crippen LogP contribution in [0.4, 0.5) is 28.8 Å². The van der Waals surface area contributed by atoms with Crippen molar-refractivity contribution in [1.82, 2.24) is 14.9 Å². The number of halogens is 1. The lowest BCUT2D eigenvalue weighted by atomic mass is 10.1. The summed E-state index contributed by atoms with van der Waals surface area (Å²) in [6.45, 7) is 3.11. The maximum Gasteiger partial charge on any atom is 0.248 e. The van der Waals surface area contributed by atoms with Crippen molar-refractivity contribution in [3.8, 4) is 5.75 Å². The second kappa shape index (κ2) is 12.3. The lowest BCUT2D eigenvalue weighted by Gasteiger charge is -2.15. The van der Waals surface area contributed by atoms with E-state index in [9.17, 15) is 4.79 Å². The Hall–Kier alpha value is -3.95. The molecule has 3 N–H and O–H groups in total. The normalized spacial score (nSPS) is 11.2. The topological polar surface area (TPSA) is 91.4 Å². The van der Waals surface area contributed by atoms with E-state index >= 15 is 0 Å². The van der Waals surface area contributed by atoms with E-state index in [2.05, 4.69) is 66.1 Å². The molecule has 4 aromatic rings. The highest BCUT2D eigenvalue weighted by atomic mass is 79.9. The van der Waals surface area contributed by atoms with Gasteiger partial charge in [0.05, 0.1) is 22.5 Å². The number of likely N-dealkylation sites (N-methyl/N-ethyl adjacent to an activating group) is 1. The van der Waals surface area contributed by atoms with Crippen LogP contribution in [0.15, 0.2) is 83.5 Å². The van der Waals surface area contributed by atoms with Crippen LogP contribution in [0.3, 0.4) is 0 Å². The summed E-state index contributed by atoms with van der Waals surface area (Å²) in [4.78, 5) is 23.5. The van der Waals surface area contributed by atoms with Gasteiger partial charge in [-0.15, -0.1) is 0 Å². The predicted molar refractivity (Wildman–Crippen MR) is 154 cm³/mol. The van der Waals surface area contributed by atoms with Gasteiger partial charge in [0.25, 0.3) is 0 Å². The number of hydrogen-bond donors (Lipinski definition) is 3. The van der Waals surface area contributed by atoms with Gasteiger partial charge in [-0.25, -0.2) is 4.98 Å². The molecule has 3 aromatic carbocycles. The van der Waals surface area contributed by atoms with Crippen LogP contribution in [0.1, 0.15) is 6.92 Å². The SMILES string of the molecule is CCOc1ccc(NC(=O)/C=C/CN(C)C)c(Nc2ncc(Br)c(Nc3ccc4ccccc4c3)n2)c1. The Bertz CT molecular complexity index is 1420. The van der Waals surface area contributed by atoms with Crippen LogP contribution >= 0.6 is 15.9 Å². The molecule has 4 rings (SSSR count). The minimum atomic E-state index is -0.232. The number of fused-ring (bicyclic) bond motifs is 1. The third kappa shape index (κ3) is 7.28. The van der Waals surface area contributed by atoms with Gasteiger partial charge in [-0.2, -0.15) is 4.98 Å². The van der Waals surface area contributed by atoms with Crippen molar-refractivity contribution in [2.75, 3.05) is 43.2 Å². The molecule has 0 saturated heterocycles. The quantitative estimate of drug-likeness (QED) is 0.195. The van der Waals surface area contributed by atoms with Gasteiger partial charge in [0.1, 0.15) is 11.6 Å². The fraction of sp³-hybridized carbons (Fsp3) is 0.179. The van der Waals surface area contributed by atoms with E-state index < -0.39 is 0 Å². The van der Waals surface area contributed by atoms with Gasteiger partial charge in [0.2, 0.25) is 11.9 Å². The van der Waals surface area contributed by atoms with E-state index in [4.69, 9.17) is 4.74 Å². The molecule has 190 valence electrons. The number of hydrogen-bond acceptors (Lipinski definition) is 7. The Morgan fingerprint density at radius 2 is 1.84 bits per heavy atom. The first-order valence-corrected chi connectivity index (χ1v) is 12.6. The Balaban J connectivity index is 1.57. The number of ether oxygens (including phenoxy) is 1. The average Bonchev–Trinajstić information content (AvgIpc) is 2.87. The summed E-state index contributed by atoms with van der Waals surface area (Å²) in [7, 11) is 3.89. The van der Waals surface area contributed by atoms with Crippen molar-refractivity contribution in [2.45, 2.75) is 6.92 Å². The molecule has 0 bridgehead atoms. The number of amides is 1. The first kappa shape index (κ1) is 26.1. The van der Waals surface area contributed by atoms with E-state index in [-0.39, 0.29) is 5.91 Å². The summed E-state index contributed by atoms with van der Waals surface area (Å²) in [6, 6.07) is 19.7. The van der Waals surface area contributed by atoms with Crippen molar-refractivity contribution in [2.24, 2.45) is 0 Å². The van der Waals surface area contributed by atoms with Gasteiger partial charge < -0.3 is 25.6 Å². The summed E-state index contributed by atoms with van der Waals surface area (Å²) >= 11 is 3.53. The van der Waals surface area contributed by atoms with Crippen LogP contribution in [0, 0.1) is 0 Å². The molecule has 0 saturated carbocycles. The third-order valence-corrected chi connectivity index (χ3v) is 5.88. The van der Waals surface area contributed by atoms with Gasteiger partial charge in [-0.1, -0.05) is 36.4 Å². The zero-order chi connectivity index (χ0) is 26.2. The molecule has 0 radical (unpaired) electrons. The Morgan fingerprint density at radius 1 is 1.03 bits per heavy atom. The van der Waals surface area contributed by atoms with E-state index in [0.717, 1.165) is 16.5 Å². The van der Waals surface area contributed by atoms with E-state index in [1.54, 1.807) is 18.3 Å². The van der Waals surface area contributed by atoms with Crippen LogP contribution in [-0.4, -0.2) is 48.0 Å². The van der Waals surface area contributed by atoms with Gasteiger partial charge in [-0.05, 0) is 72.0 Å². The first-order chi connectivity index (χ1) is 17.9. The van der Waals surface area contributed by atoms with E-state index in [1.807, 2.05) is 56.3 Å². The molecule has 9 heteroatoms. The lowest BCUT2D eigenvalue weighted by Crippen LogP contribution is -2.13. The number of carbonyl (C=O) groups excluding carboxylic acids is 1. The number of nitrogens with zero attached hydrogens (tertiary/aromatic N) is 3. The largest absolute Gasteiger partial charge is 0.494 e. The summed E-state index contributed by atoms with van der Waals surface area (Å²) in [6.07, 6.45) is 4.99. The minimum Gasteiger partial charge on any atom is -0.494 e. The highest BCUT2D eigenvalue weighted by Gasteiger charge is 2.12. The van der Waals surface area contributed by atoms with E-state index in [0.29, 0.717) is 46.5 Å². The van der Waals surface area contributed by atoms with Crippen LogP contribution in [0.2, 0.25) is 0 Å². The Labute approximate surface area is 224 Å². The molecule has 1 aromatic heterocycles. The van der Waals surface area contributed by atoms with Crippen molar-refractivity contribution in [3.63, 3.8) is 0 Å². The second-order valence-corrected chi connectivity index (χ2v) is 9.35. The zero-order valence-corrected chi connectivity index (χ0v) is 22.5. The van der Waals surface area contributed by atoms with Gasteiger partial charge in [0.15, 0.2) is 0 Å². The molecule has 0 spiro atoms. The molecule has 0 fully saturated rings. The molecular weight excluding hydrogens is 532 g/mol. The molecule has 37 heavy (non-hydrogen) atoms. The fourth-order valence-electron chi connectivity index (χ4n) is 3.58. The van der Waals surface area contributed by atoms with Crippen LogP contribution in [0.5, 0.6) is 5.75 Å². The van der Waals surface area contributed by atoms with E-state index in [1.165, 1.54) is 6.08 Å². The summed E-state index contributed by atoms with van der Waals surface area (Å²) in [5.74, 6) is 1.40. The monoisotopic (exact) mass is 560 g/mol. The molecular formula is C28H29BrN6O2. The zero-order valence-electron chi connectivity index (χ0n) is 21.0. The van der Waals surface area contributed by atoms with Crippen molar-refractivity contribution < 1.29 is 9.53 Å². The standard InChI is InChI=1S/C28H29BrN6O2/c1-4-37-22-13-14-24(32-26(36)10-7-15-35(2)3)25(17-22)33-28-30-18-23(29)27(34-28)31-21-12-11-19-8-5-6-9-20(19)16-21/h5-14,16-18H,4,15H2,1-3H3,(H,32,36)(H2,30,31,33,34)/b10-7+. The number of carbonyl (C=O) groups is 1. The lowest BCUT2D eigenvalue weighted by molar-refractivity contribution is -0.111. The van der Waals surface area contributed by atoms with Gasteiger partial charge in [-0.3, -0.25) is 4.79 Å². The summed E-state index contributed by atoms with van der Waals surface area (Å²) < 4.78 is 6.38. The van der Waals surface area contributed by atoms with Crippen molar-refractivity contribution >= 4 is 61.4 Å². The number of benzene rings is 3. The molecule has 1 amide bonds. The van der Waals surface area contributed by atoms with Crippen molar-refractivity contribution in [1.29, 1.82) is 0 Å². The van der Waals surface area contributed by atoms with Crippen LogP contribution < -0.4 is 20.7 Å². The smallest absolute Gasteiger partial charge is 0.248 e. The molecule has 0 unspecified atom stereocenters. The molecule has 0 aliphatic carbocycles. The summed E-state index contributed by atoms with van der Waals surface area (Å²) in [5.41, 5.74) is 2.10. The second-order valence-electron chi connectivity index (χ2n) is 8.50. The number of aromatic nitrogens is 2. The molecule has 0 aliphatic rings. The molecule has 8 nitrogen and oxygen atoms in total. The van der Waals surface area contributed by atoms with Crippen LogP contribution in [0.25, 0.3) is 10.8 Å². The molecule has 1 heterocycles. The summed E-state index contributed by atoms with van der Waals surface area (Å²) in [5, 5.41) is 11.8. The Morgan fingerprint density at radius 3 is 2.62 bits per heavy atom. The molecule has 0 atom stereocenters. The molecule has 0 aliphatic heterocycles. The number of anilines is 5. The maximum atomic E-state index is 12.5. The Kier molecular flexibility index (Phi) is 8.71. The van der Waals surface area contributed by atoms with Gasteiger partial charge >= 0.3 is 0 Å².